The number of carbonyl (C=O) groups excluding carboxylic acids is 1. The van der Waals surface area contributed by atoms with E-state index in [0.29, 0.717) is 0 Å². The molecule has 0 fully saturated rings. The average molecular weight is 157 g/mol. The molecule has 0 aliphatic heterocycles. The molecular formula is C7H16BNO2. The average Bonchev–Trinajstić information content (AvgIpc) is 1.87. The van der Waals surface area contributed by atoms with Crippen molar-refractivity contribution in [2.45, 2.75) is 32.2 Å². The van der Waals surface area contributed by atoms with E-state index in [-0.39, 0.29) is 12.4 Å². The highest BCUT2D eigenvalue weighted by molar-refractivity contribution is 6.57. The maximum Gasteiger partial charge on any atom is 0.215 e. The topological polar surface area (TPSA) is 49.3 Å². The zero-order valence-corrected chi connectivity index (χ0v) is 7.48. The van der Waals surface area contributed by atoms with Crippen molar-refractivity contribution >= 4 is 13.7 Å². The summed E-state index contributed by atoms with van der Waals surface area (Å²) < 4.78 is 0. The molecule has 0 aliphatic rings. The van der Waals surface area contributed by atoms with Gasteiger partial charge in [-0.3, -0.25) is 4.79 Å². The van der Waals surface area contributed by atoms with Gasteiger partial charge in [0, 0.05) is 0 Å². The molecule has 0 aromatic rings. The molecule has 0 saturated carbocycles. The fourth-order valence-electron chi connectivity index (χ4n) is 1.16. The van der Waals surface area contributed by atoms with Crippen molar-refractivity contribution in [2.24, 2.45) is 0 Å². The van der Waals surface area contributed by atoms with Crippen molar-refractivity contribution in [3.05, 3.63) is 0 Å². The highest BCUT2D eigenvalue weighted by Crippen LogP contribution is 2.10. The van der Waals surface area contributed by atoms with Gasteiger partial charge in [-0.1, -0.05) is 13.3 Å². The minimum atomic E-state index is -0.430. The lowest BCUT2D eigenvalue weighted by Gasteiger charge is -2.27. The lowest BCUT2D eigenvalue weighted by Crippen LogP contribution is -2.48. The van der Waals surface area contributed by atoms with E-state index in [1.807, 2.05) is 13.8 Å². The van der Waals surface area contributed by atoms with Crippen LogP contribution in [0.1, 0.15) is 26.7 Å². The zero-order chi connectivity index (χ0) is 8.91. The van der Waals surface area contributed by atoms with Crippen LogP contribution in [-0.2, 0) is 0 Å². The third-order valence-corrected chi connectivity index (χ3v) is 1.63. The largest absolute Gasteiger partial charge is 0.394 e. The second-order valence-electron chi connectivity index (χ2n) is 3.15. The summed E-state index contributed by atoms with van der Waals surface area (Å²) in [5.74, 6) is -0.0880. The van der Waals surface area contributed by atoms with Crippen molar-refractivity contribution < 1.29 is 9.90 Å². The Bertz CT molecular complexity index is 140. The molecule has 0 bridgehead atoms. The van der Waals surface area contributed by atoms with Crippen molar-refractivity contribution in [1.29, 1.82) is 0 Å². The highest BCUT2D eigenvalue weighted by atomic mass is 16.3. The van der Waals surface area contributed by atoms with Gasteiger partial charge in [0.15, 0.2) is 5.81 Å². The lowest BCUT2D eigenvalue weighted by molar-refractivity contribution is 0.170. The van der Waals surface area contributed by atoms with Gasteiger partial charge in [-0.2, -0.15) is 0 Å². The maximum atomic E-state index is 10.7. The minimum absolute atomic E-state index is 0.000417. The monoisotopic (exact) mass is 157 g/mol. The molecule has 0 unspecified atom stereocenters. The number of aliphatic hydroxyl groups is 1. The van der Waals surface area contributed by atoms with E-state index < -0.39 is 5.54 Å². The van der Waals surface area contributed by atoms with Gasteiger partial charge in [-0.25, -0.2) is 0 Å². The van der Waals surface area contributed by atoms with Crippen molar-refractivity contribution in [3.8, 4) is 0 Å². The summed E-state index contributed by atoms with van der Waals surface area (Å²) >= 11 is 0. The minimum Gasteiger partial charge on any atom is -0.394 e. The van der Waals surface area contributed by atoms with E-state index in [4.69, 9.17) is 5.11 Å². The predicted octanol–water partition coefficient (Wildman–Crippen LogP) is -0.120. The van der Waals surface area contributed by atoms with Crippen LogP contribution in [0.3, 0.4) is 0 Å². The second-order valence-corrected chi connectivity index (χ2v) is 3.15. The van der Waals surface area contributed by atoms with Crippen LogP contribution in [0.2, 0.25) is 0 Å². The number of rotatable bonds is 4. The quantitative estimate of drug-likeness (QED) is 0.559. The molecule has 2 N–H and O–H groups in total. The lowest BCUT2D eigenvalue weighted by atomic mass is 9.95. The first-order valence-electron chi connectivity index (χ1n) is 3.93. The third kappa shape index (κ3) is 4.04. The highest BCUT2D eigenvalue weighted by Gasteiger charge is 2.22. The standard InChI is InChI=1S/C7H16BNO2/c1-3-4-7(2,5-10)9-6(8)11/h10H,3-5,8H2,1-2H3,(H,9,11)/t7-/m0/s1. The van der Waals surface area contributed by atoms with E-state index >= 15 is 0 Å². The van der Waals surface area contributed by atoms with Crippen molar-refractivity contribution in [1.82, 2.24) is 5.32 Å². The molecule has 11 heavy (non-hydrogen) atoms. The van der Waals surface area contributed by atoms with Crippen LogP contribution in [0.4, 0.5) is 4.79 Å². The van der Waals surface area contributed by atoms with E-state index in [2.05, 4.69) is 5.32 Å². The summed E-state index contributed by atoms with van der Waals surface area (Å²) in [6.45, 7) is 3.87. The zero-order valence-electron chi connectivity index (χ0n) is 7.48. The summed E-state index contributed by atoms with van der Waals surface area (Å²) in [5.41, 5.74) is -0.430. The summed E-state index contributed by atoms with van der Waals surface area (Å²) in [6.07, 6.45) is 1.76. The van der Waals surface area contributed by atoms with Crippen molar-refractivity contribution in [3.63, 3.8) is 0 Å². The summed E-state index contributed by atoms with van der Waals surface area (Å²) in [7, 11) is 1.46. The second kappa shape index (κ2) is 4.39. The van der Waals surface area contributed by atoms with E-state index in [1.165, 1.54) is 7.85 Å². The Morgan fingerprint density at radius 2 is 2.27 bits per heavy atom. The Morgan fingerprint density at radius 1 is 1.73 bits per heavy atom. The maximum absolute atomic E-state index is 10.7. The Labute approximate surface area is 68.6 Å². The molecule has 0 rings (SSSR count). The number of carbonyl (C=O) groups is 1. The van der Waals surface area contributed by atoms with Crippen LogP contribution in [0.5, 0.6) is 0 Å². The SMILES string of the molecule is BC(=O)N[C@](C)(CO)CCC. The van der Waals surface area contributed by atoms with Crippen LogP contribution in [0, 0.1) is 0 Å². The van der Waals surface area contributed by atoms with Gasteiger partial charge < -0.3 is 10.4 Å². The number of hydrogen-bond donors (Lipinski definition) is 2. The smallest absolute Gasteiger partial charge is 0.215 e. The molecule has 0 heterocycles. The van der Waals surface area contributed by atoms with Gasteiger partial charge >= 0.3 is 0 Å². The molecule has 1 amide bonds. The van der Waals surface area contributed by atoms with Gasteiger partial charge in [0.05, 0.1) is 12.1 Å². The number of amides is 1. The Balaban J connectivity index is 3.98. The molecule has 0 spiro atoms. The predicted molar refractivity (Wildman–Crippen MR) is 47.5 cm³/mol. The normalized spacial score (nSPS) is 15.5. The first-order chi connectivity index (χ1) is 5.04. The molecule has 64 valence electrons. The molecule has 0 radical (unpaired) electrons. The third-order valence-electron chi connectivity index (χ3n) is 1.63. The Morgan fingerprint density at radius 3 is 2.55 bits per heavy atom. The number of nitrogens with one attached hydrogen (secondary N) is 1. The van der Waals surface area contributed by atoms with Crippen LogP contribution in [0.25, 0.3) is 0 Å². The van der Waals surface area contributed by atoms with E-state index in [1.54, 1.807) is 0 Å². The number of hydrogen-bond acceptors (Lipinski definition) is 2. The van der Waals surface area contributed by atoms with Crippen molar-refractivity contribution in [2.75, 3.05) is 6.61 Å². The van der Waals surface area contributed by atoms with E-state index in [9.17, 15) is 4.79 Å². The van der Waals surface area contributed by atoms with Gasteiger partial charge in [0.1, 0.15) is 0 Å². The Kier molecular flexibility index (Phi) is 4.19. The first-order valence-corrected chi connectivity index (χ1v) is 3.93. The molecule has 1 atom stereocenters. The molecular weight excluding hydrogens is 141 g/mol. The van der Waals surface area contributed by atoms with Gasteiger partial charge in [-0.15, -0.1) is 0 Å². The molecule has 0 aromatic heterocycles. The fourth-order valence-corrected chi connectivity index (χ4v) is 1.16. The van der Waals surface area contributed by atoms with Crippen LogP contribution in [-0.4, -0.2) is 30.9 Å². The Hall–Kier alpha value is -0.505. The van der Waals surface area contributed by atoms with Gasteiger partial charge in [-0.05, 0) is 13.3 Å². The van der Waals surface area contributed by atoms with Crippen LogP contribution < -0.4 is 5.32 Å². The molecule has 0 aromatic carbocycles. The van der Waals surface area contributed by atoms with Gasteiger partial charge in [0.2, 0.25) is 7.85 Å². The summed E-state index contributed by atoms with van der Waals surface area (Å²) in [5, 5.41) is 11.7. The summed E-state index contributed by atoms with van der Waals surface area (Å²) in [6, 6.07) is 0. The van der Waals surface area contributed by atoms with Gasteiger partial charge in [0.25, 0.3) is 0 Å². The van der Waals surface area contributed by atoms with Crippen LogP contribution in [0.15, 0.2) is 0 Å². The first kappa shape index (κ1) is 10.5. The molecule has 3 nitrogen and oxygen atoms in total. The molecule has 4 heteroatoms. The molecule has 0 aliphatic carbocycles. The molecule has 0 saturated heterocycles. The summed E-state index contributed by atoms with van der Waals surface area (Å²) in [4.78, 5) is 10.7. The van der Waals surface area contributed by atoms with Crippen LogP contribution >= 0.6 is 0 Å². The van der Waals surface area contributed by atoms with E-state index in [0.717, 1.165) is 12.8 Å². The number of aliphatic hydroxyl groups excluding tert-OH is 1. The fraction of sp³-hybridized carbons (Fsp3) is 0.857.